The maximum atomic E-state index is 10.6. The van der Waals surface area contributed by atoms with E-state index in [0.717, 1.165) is 43.3 Å². The highest BCUT2D eigenvalue weighted by Gasteiger charge is 2.18. The summed E-state index contributed by atoms with van der Waals surface area (Å²) in [5.74, 6) is 1.65. The molecule has 3 rings (SSSR count). The lowest BCUT2D eigenvalue weighted by Gasteiger charge is -2.30. The number of para-hydroxylation sites is 1. The van der Waals surface area contributed by atoms with E-state index in [4.69, 9.17) is 4.74 Å². The fourth-order valence-corrected chi connectivity index (χ4v) is 3.89. The van der Waals surface area contributed by atoms with Crippen molar-refractivity contribution in [3.05, 3.63) is 65.2 Å². The number of aliphatic imine (C=N–C) groups is 1. The van der Waals surface area contributed by atoms with E-state index in [0.29, 0.717) is 19.6 Å². The molecule has 0 saturated carbocycles. The molecule has 0 aliphatic carbocycles. The Bertz CT molecular complexity index is 846. The average Bonchev–Trinajstić information content (AvgIpc) is 2.76. The number of hydrogen-bond donors (Lipinski definition) is 2. The van der Waals surface area contributed by atoms with E-state index in [-0.39, 0.29) is 24.0 Å². The molecule has 0 bridgehead atoms. The fraction of sp³-hybridized carbons (Fsp3) is 0.458. The van der Waals surface area contributed by atoms with Gasteiger partial charge < -0.3 is 20.1 Å². The molecule has 0 spiro atoms. The Labute approximate surface area is 203 Å². The molecule has 7 heteroatoms. The van der Waals surface area contributed by atoms with Crippen LogP contribution in [0.15, 0.2) is 53.5 Å². The summed E-state index contributed by atoms with van der Waals surface area (Å²) in [6, 6.07) is 16.6. The van der Waals surface area contributed by atoms with Gasteiger partial charge in [0.05, 0.1) is 19.8 Å². The van der Waals surface area contributed by atoms with Crippen LogP contribution in [0, 0.1) is 0 Å². The third-order valence-electron chi connectivity index (χ3n) is 5.43. The monoisotopic (exact) mass is 538 g/mol. The van der Waals surface area contributed by atoms with Crippen LogP contribution in [0.1, 0.15) is 23.6 Å². The van der Waals surface area contributed by atoms with Gasteiger partial charge in [-0.05, 0) is 30.5 Å². The van der Waals surface area contributed by atoms with Crippen molar-refractivity contribution in [3.8, 4) is 5.75 Å². The second-order valence-corrected chi connectivity index (χ2v) is 7.77. The number of ether oxygens (including phenoxy) is 1. The first-order chi connectivity index (χ1) is 14.6. The molecule has 1 aliphatic heterocycles. The van der Waals surface area contributed by atoms with Crippen molar-refractivity contribution >= 4 is 29.9 Å². The van der Waals surface area contributed by atoms with Gasteiger partial charge in [-0.3, -0.25) is 9.89 Å². The van der Waals surface area contributed by atoms with Gasteiger partial charge in [0.1, 0.15) is 5.75 Å². The van der Waals surface area contributed by atoms with Crippen LogP contribution in [0.2, 0.25) is 0 Å². The maximum Gasteiger partial charge on any atom is 0.194 e. The summed E-state index contributed by atoms with van der Waals surface area (Å²) in [7, 11) is 3.69. The summed E-state index contributed by atoms with van der Waals surface area (Å²) in [5, 5.41) is 13.9. The predicted molar refractivity (Wildman–Crippen MR) is 137 cm³/mol. The van der Waals surface area contributed by atoms with Crippen molar-refractivity contribution in [2.24, 2.45) is 4.99 Å². The number of β-amino-alcohol motifs (C(OH)–C–C–N with tert-alkyl or cyclic N) is 1. The molecule has 2 aromatic rings. The molecule has 0 aromatic heterocycles. The van der Waals surface area contributed by atoms with Crippen molar-refractivity contribution < 1.29 is 9.84 Å². The van der Waals surface area contributed by atoms with Gasteiger partial charge in [0.15, 0.2) is 5.96 Å². The second-order valence-electron chi connectivity index (χ2n) is 7.77. The lowest BCUT2D eigenvalue weighted by molar-refractivity contribution is 0.111. The molecule has 6 nitrogen and oxygen atoms in total. The Morgan fingerprint density at radius 1 is 1.19 bits per heavy atom. The molecule has 170 valence electrons. The molecular weight excluding hydrogens is 503 g/mol. The van der Waals surface area contributed by atoms with E-state index >= 15 is 0 Å². The Morgan fingerprint density at radius 2 is 1.90 bits per heavy atom. The van der Waals surface area contributed by atoms with Crippen LogP contribution in [-0.4, -0.2) is 67.3 Å². The van der Waals surface area contributed by atoms with Gasteiger partial charge in [-0.25, -0.2) is 0 Å². The summed E-state index contributed by atoms with van der Waals surface area (Å²) >= 11 is 0. The number of fused-ring (bicyclic) bond motifs is 1. The predicted octanol–water partition coefficient (Wildman–Crippen LogP) is 3.13. The van der Waals surface area contributed by atoms with Crippen LogP contribution in [0.4, 0.5) is 0 Å². The van der Waals surface area contributed by atoms with Gasteiger partial charge in [0, 0.05) is 45.3 Å². The third-order valence-corrected chi connectivity index (χ3v) is 5.43. The number of rotatable bonds is 8. The molecule has 0 amide bonds. The number of benzene rings is 2. The molecule has 2 N–H and O–H groups in total. The minimum atomic E-state index is -0.497. The first-order valence-electron chi connectivity index (χ1n) is 10.7. The molecule has 0 saturated heterocycles. The summed E-state index contributed by atoms with van der Waals surface area (Å²) in [6.45, 7) is 6.37. The van der Waals surface area contributed by atoms with E-state index in [1.807, 2.05) is 32.2 Å². The molecule has 31 heavy (non-hydrogen) atoms. The van der Waals surface area contributed by atoms with Crippen molar-refractivity contribution in [2.75, 3.05) is 40.3 Å². The number of hydrogen-bond acceptors (Lipinski definition) is 4. The van der Waals surface area contributed by atoms with Gasteiger partial charge in [0.25, 0.3) is 0 Å². The van der Waals surface area contributed by atoms with Crippen LogP contribution >= 0.6 is 24.0 Å². The number of halogens is 1. The van der Waals surface area contributed by atoms with Gasteiger partial charge in [-0.2, -0.15) is 0 Å². The van der Waals surface area contributed by atoms with Gasteiger partial charge in [-0.1, -0.05) is 42.5 Å². The van der Waals surface area contributed by atoms with E-state index in [9.17, 15) is 5.11 Å². The number of nitrogens with zero attached hydrogens (tertiary/aromatic N) is 3. The Hall–Kier alpha value is -1.84. The summed E-state index contributed by atoms with van der Waals surface area (Å²) < 4.78 is 5.46. The quantitative estimate of drug-likeness (QED) is 0.308. The van der Waals surface area contributed by atoms with Crippen LogP contribution in [-0.2, 0) is 19.5 Å². The second kappa shape index (κ2) is 12.9. The van der Waals surface area contributed by atoms with Crippen LogP contribution < -0.4 is 10.1 Å². The average molecular weight is 538 g/mol. The highest BCUT2D eigenvalue weighted by Crippen LogP contribution is 2.19. The topological polar surface area (TPSA) is 60.3 Å². The smallest absolute Gasteiger partial charge is 0.194 e. The van der Waals surface area contributed by atoms with Gasteiger partial charge in [0.2, 0.25) is 0 Å². The number of guanidine groups is 1. The number of aliphatic hydroxyl groups is 1. The van der Waals surface area contributed by atoms with Gasteiger partial charge in [-0.15, -0.1) is 24.0 Å². The standard InChI is InChI=1S/C24H34N4O2.HI/c1-4-25-24(27(2)16-21-11-7-8-12-23(21)30-3)26-15-22(29)18-28-14-13-19-9-5-6-10-20(19)17-28;/h5-12,22,29H,4,13-18H2,1-3H3,(H,25,26);1H. The third kappa shape index (κ3) is 7.36. The minimum absolute atomic E-state index is 0. The SMILES string of the molecule is CCNC(=NCC(O)CN1CCc2ccccc2C1)N(C)Cc1ccccc1OC.I. The highest BCUT2D eigenvalue weighted by atomic mass is 127. The Kier molecular flexibility index (Phi) is 10.6. The van der Waals surface area contributed by atoms with Crippen molar-refractivity contribution in [1.29, 1.82) is 0 Å². The summed E-state index contributed by atoms with van der Waals surface area (Å²) in [5.41, 5.74) is 3.89. The summed E-state index contributed by atoms with van der Waals surface area (Å²) in [6.07, 6.45) is 0.541. The highest BCUT2D eigenvalue weighted by molar-refractivity contribution is 14.0. The number of methoxy groups -OCH3 is 1. The maximum absolute atomic E-state index is 10.6. The van der Waals surface area contributed by atoms with Crippen LogP contribution in [0.25, 0.3) is 0 Å². The van der Waals surface area contributed by atoms with Crippen LogP contribution in [0.5, 0.6) is 5.75 Å². The molecule has 2 aromatic carbocycles. The molecule has 0 radical (unpaired) electrons. The molecular formula is C24H35IN4O2. The Morgan fingerprint density at radius 3 is 2.65 bits per heavy atom. The van der Waals surface area contributed by atoms with Crippen molar-refractivity contribution in [1.82, 2.24) is 15.1 Å². The zero-order chi connectivity index (χ0) is 21.3. The zero-order valence-electron chi connectivity index (χ0n) is 18.8. The lowest BCUT2D eigenvalue weighted by atomic mass is 10.00. The summed E-state index contributed by atoms with van der Waals surface area (Å²) in [4.78, 5) is 9.06. The van der Waals surface area contributed by atoms with Crippen molar-refractivity contribution in [3.63, 3.8) is 0 Å². The first kappa shape index (κ1) is 25.4. The molecule has 1 atom stereocenters. The minimum Gasteiger partial charge on any atom is -0.496 e. The van der Waals surface area contributed by atoms with E-state index in [1.165, 1.54) is 11.1 Å². The largest absolute Gasteiger partial charge is 0.496 e. The fourth-order valence-electron chi connectivity index (χ4n) is 3.89. The zero-order valence-corrected chi connectivity index (χ0v) is 21.1. The van der Waals surface area contributed by atoms with Gasteiger partial charge >= 0.3 is 0 Å². The van der Waals surface area contributed by atoms with E-state index in [1.54, 1.807) is 7.11 Å². The molecule has 1 aliphatic rings. The van der Waals surface area contributed by atoms with Crippen molar-refractivity contribution in [2.45, 2.75) is 32.5 Å². The number of aliphatic hydroxyl groups excluding tert-OH is 1. The first-order valence-corrected chi connectivity index (χ1v) is 10.7. The molecule has 0 fully saturated rings. The molecule has 1 heterocycles. The molecule has 1 unspecified atom stereocenters. The van der Waals surface area contributed by atoms with Crippen LogP contribution in [0.3, 0.4) is 0 Å². The van der Waals surface area contributed by atoms with E-state index < -0.39 is 6.10 Å². The Balaban J connectivity index is 0.00000341. The number of nitrogens with one attached hydrogen (secondary N) is 1. The van der Waals surface area contributed by atoms with E-state index in [2.05, 4.69) is 50.4 Å². The normalized spacial score (nSPS) is 14.9. The lowest BCUT2D eigenvalue weighted by Crippen LogP contribution is -2.41.